The number of hydrogen-bond acceptors (Lipinski definition) is 6. The van der Waals surface area contributed by atoms with Gasteiger partial charge in [-0.1, -0.05) is 23.8 Å². The number of anilines is 1. The van der Waals surface area contributed by atoms with Crippen molar-refractivity contribution in [2.45, 2.75) is 18.7 Å². The second-order valence-electron chi connectivity index (χ2n) is 7.12. The number of nitrogens with one attached hydrogen (secondary N) is 1. The number of rotatable bonds is 8. The van der Waals surface area contributed by atoms with Crippen LogP contribution in [-0.4, -0.2) is 20.9 Å². The van der Waals surface area contributed by atoms with Crippen molar-refractivity contribution in [1.82, 2.24) is 0 Å². The van der Waals surface area contributed by atoms with Gasteiger partial charge in [-0.3, -0.25) is 4.79 Å². The number of halogens is 1. The Labute approximate surface area is 212 Å². The van der Waals surface area contributed by atoms with Gasteiger partial charge in [0.1, 0.15) is 16.5 Å². The molecule has 9 heteroatoms. The lowest BCUT2D eigenvalue weighted by Crippen LogP contribution is -2.13. The molecule has 0 aromatic heterocycles. The number of hydrogen-bond donors (Lipinski definition) is 1. The van der Waals surface area contributed by atoms with Gasteiger partial charge in [0.15, 0.2) is 11.5 Å². The average Bonchev–Trinajstić information content (AvgIpc) is 2.81. The number of nitrogens with zero attached hydrogens (tertiary/aromatic N) is 1. The third kappa shape index (κ3) is 6.59. The Bertz CT molecular complexity index is 1360. The van der Waals surface area contributed by atoms with Gasteiger partial charge in [0.25, 0.3) is 5.91 Å². The number of amides is 1. The molecule has 0 spiro atoms. The van der Waals surface area contributed by atoms with Crippen LogP contribution in [0.4, 0.5) is 5.69 Å². The van der Waals surface area contributed by atoms with Crippen molar-refractivity contribution in [2.75, 3.05) is 11.9 Å². The molecule has 0 radical (unpaired) electrons. The lowest BCUT2D eigenvalue weighted by molar-refractivity contribution is -0.112. The number of nitriles is 1. The molecular formula is C25H21IN2O5S. The minimum absolute atomic E-state index is 0.00132. The van der Waals surface area contributed by atoms with Gasteiger partial charge >= 0.3 is 10.1 Å². The quantitative estimate of drug-likeness (QED) is 0.166. The van der Waals surface area contributed by atoms with E-state index in [4.69, 9.17) is 8.92 Å². The zero-order valence-corrected chi connectivity index (χ0v) is 21.4. The summed E-state index contributed by atoms with van der Waals surface area (Å²) < 4.78 is 37.2. The highest BCUT2D eigenvalue weighted by atomic mass is 127. The van der Waals surface area contributed by atoms with Crippen LogP contribution in [0.2, 0.25) is 0 Å². The van der Waals surface area contributed by atoms with Gasteiger partial charge in [-0.2, -0.15) is 13.7 Å². The molecule has 0 atom stereocenters. The van der Waals surface area contributed by atoms with Crippen molar-refractivity contribution >= 4 is 50.4 Å². The SMILES string of the molecule is CCOc1cc(/C=C(/C#N)C(=O)Nc2ccc(I)cc2)ccc1OS(=O)(=O)c1ccc(C)cc1. The molecule has 3 aromatic rings. The van der Waals surface area contributed by atoms with Crippen LogP contribution in [0.1, 0.15) is 18.1 Å². The van der Waals surface area contributed by atoms with Crippen molar-refractivity contribution < 1.29 is 22.1 Å². The van der Waals surface area contributed by atoms with E-state index in [1.807, 2.05) is 25.1 Å². The van der Waals surface area contributed by atoms with Crippen LogP contribution in [-0.2, 0) is 14.9 Å². The van der Waals surface area contributed by atoms with E-state index in [1.54, 1.807) is 31.2 Å². The fourth-order valence-corrected chi connectivity index (χ4v) is 4.17. The lowest BCUT2D eigenvalue weighted by atomic mass is 10.1. The first-order valence-corrected chi connectivity index (χ1v) is 12.7. The first-order chi connectivity index (χ1) is 16.2. The van der Waals surface area contributed by atoms with Crippen LogP contribution < -0.4 is 14.2 Å². The molecule has 174 valence electrons. The van der Waals surface area contributed by atoms with Gasteiger partial charge < -0.3 is 14.2 Å². The van der Waals surface area contributed by atoms with E-state index in [0.29, 0.717) is 11.3 Å². The van der Waals surface area contributed by atoms with E-state index in [9.17, 15) is 18.5 Å². The predicted octanol–water partition coefficient (Wildman–Crippen LogP) is 5.31. The minimum atomic E-state index is -4.08. The molecule has 0 aliphatic rings. The molecule has 7 nitrogen and oxygen atoms in total. The summed E-state index contributed by atoms with van der Waals surface area (Å²) in [5.74, 6) is -0.396. The third-order valence-corrected chi connectivity index (χ3v) is 6.52. The Kier molecular flexibility index (Phi) is 8.31. The van der Waals surface area contributed by atoms with Crippen molar-refractivity contribution in [1.29, 1.82) is 5.26 Å². The van der Waals surface area contributed by atoms with E-state index in [1.165, 1.54) is 36.4 Å². The highest BCUT2D eigenvalue weighted by molar-refractivity contribution is 14.1. The van der Waals surface area contributed by atoms with Gasteiger partial charge in [-0.15, -0.1) is 0 Å². The zero-order chi connectivity index (χ0) is 24.7. The van der Waals surface area contributed by atoms with Crippen LogP contribution in [0.3, 0.4) is 0 Å². The fourth-order valence-electron chi connectivity index (χ4n) is 2.87. The molecule has 0 unspecified atom stereocenters. The lowest BCUT2D eigenvalue weighted by Gasteiger charge is -2.13. The molecule has 1 N–H and O–H groups in total. The molecule has 34 heavy (non-hydrogen) atoms. The number of carbonyl (C=O) groups excluding carboxylic acids is 1. The Morgan fingerprint density at radius 2 is 1.74 bits per heavy atom. The first-order valence-electron chi connectivity index (χ1n) is 10.2. The maximum atomic E-state index is 12.7. The summed E-state index contributed by atoms with van der Waals surface area (Å²) >= 11 is 2.15. The summed E-state index contributed by atoms with van der Waals surface area (Å²) in [7, 11) is -4.08. The second-order valence-corrected chi connectivity index (χ2v) is 9.91. The van der Waals surface area contributed by atoms with Gasteiger partial charge in [0, 0.05) is 9.26 Å². The highest BCUT2D eigenvalue weighted by Gasteiger charge is 2.20. The Morgan fingerprint density at radius 1 is 1.06 bits per heavy atom. The Hall–Kier alpha value is -3.36. The molecule has 0 bridgehead atoms. The zero-order valence-electron chi connectivity index (χ0n) is 18.4. The first kappa shape index (κ1) is 25.3. The monoisotopic (exact) mass is 588 g/mol. The van der Waals surface area contributed by atoms with E-state index in [-0.39, 0.29) is 28.6 Å². The van der Waals surface area contributed by atoms with E-state index >= 15 is 0 Å². The minimum Gasteiger partial charge on any atom is -0.490 e. The third-order valence-electron chi connectivity index (χ3n) is 4.55. The molecular weight excluding hydrogens is 567 g/mol. The Balaban J connectivity index is 1.86. The summed E-state index contributed by atoms with van der Waals surface area (Å²) in [6, 6.07) is 19.8. The average molecular weight is 588 g/mol. The van der Waals surface area contributed by atoms with Crippen LogP contribution in [0.5, 0.6) is 11.5 Å². The summed E-state index contributed by atoms with van der Waals surface area (Å²) in [4.78, 5) is 12.6. The van der Waals surface area contributed by atoms with Gasteiger partial charge in [-0.25, -0.2) is 0 Å². The topological polar surface area (TPSA) is 105 Å². The molecule has 3 aromatic carbocycles. The number of ether oxygens (including phenoxy) is 1. The van der Waals surface area contributed by atoms with Crippen LogP contribution in [0.15, 0.2) is 77.2 Å². The fraction of sp³-hybridized carbons (Fsp3) is 0.120. The molecule has 0 aliphatic heterocycles. The maximum Gasteiger partial charge on any atom is 0.339 e. The smallest absolute Gasteiger partial charge is 0.339 e. The molecule has 0 fully saturated rings. The largest absolute Gasteiger partial charge is 0.490 e. The van der Waals surface area contributed by atoms with E-state index in [2.05, 4.69) is 27.9 Å². The second kappa shape index (κ2) is 11.2. The number of aryl methyl sites for hydroxylation is 1. The van der Waals surface area contributed by atoms with Crippen molar-refractivity contribution in [3.63, 3.8) is 0 Å². The van der Waals surface area contributed by atoms with Crippen molar-refractivity contribution in [2.24, 2.45) is 0 Å². The van der Waals surface area contributed by atoms with Crippen LogP contribution >= 0.6 is 22.6 Å². The van der Waals surface area contributed by atoms with Crippen LogP contribution in [0.25, 0.3) is 6.08 Å². The summed E-state index contributed by atoms with van der Waals surface area (Å²) in [6.07, 6.45) is 1.39. The molecule has 1 amide bonds. The van der Waals surface area contributed by atoms with E-state index in [0.717, 1.165) is 9.13 Å². The molecule has 3 rings (SSSR count). The number of carbonyl (C=O) groups is 1. The summed E-state index contributed by atoms with van der Waals surface area (Å²) in [5, 5.41) is 12.2. The normalized spacial score (nSPS) is 11.4. The van der Waals surface area contributed by atoms with Crippen LogP contribution in [0, 0.1) is 21.8 Å². The van der Waals surface area contributed by atoms with Gasteiger partial charge in [-0.05, 0) is 96.6 Å². The van der Waals surface area contributed by atoms with Gasteiger partial charge in [0.2, 0.25) is 0 Å². The van der Waals surface area contributed by atoms with Gasteiger partial charge in [0.05, 0.1) is 6.61 Å². The Morgan fingerprint density at radius 3 is 2.35 bits per heavy atom. The number of benzene rings is 3. The highest BCUT2D eigenvalue weighted by Crippen LogP contribution is 2.32. The summed E-state index contributed by atoms with van der Waals surface area (Å²) in [5.41, 5.74) is 1.83. The molecule has 0 saturated carbocycles. The summed E-state index contributed by atoms with van der Waals surface area (Å²) in [6.45, 7) is 3.86. The van der Waals surface area contributed by atoms with Crippen molar-refractivity contribution in [3.05, 3.63) is 87.0 Å². The predicted molar refractivity (Wildman–Crippen MR) is 138 cm³/mol. The van der Waals surface area contributed by atoms with Crippen molar-refractivity contribution in [3.8, 4) is 17.6 Å². The maximum absolute atomic E-state index is 12.7. The molecule has 0 aliphatic carbocycles. The molecule has 0 saturated heterocycles. The molecule has 0 heterocycles. The standard InChI is InChI=1S/C25H21IN2O5S/c1-3-32-24-15-18(14-19(16-27)25(29)28-21-9-7-20(26)8-10-21)6-13-23(24)33-34(30,31)22-11-4-17(2)5-12-22/h4-15H,3H2,1-2H3,(H,28,29)/b19-14-. The van der Waals surface area contributed by atoms with E-state index < -0.39 is 16.0 Å².